The van der Waals surface area contributed by atoms with E-state index in [1.165, 1.54) is 0 Å². The molecule has 1 aliphatic carbocycles. The van der Waals surface area contributed by atoms with Gasteiger partial charge in [-0.2, -0.15) is 0 Å². The number of hydrogen-bond donors (Lipinski definition) is 3. The molecule has 0 heterocycles. The molecule has 5 heteroatoms. The van der Waals surface area contributed by atoms with E-state index in [2.05, 4.69) is 10.2 Å². The van der Waals surface area contributed by atoms with E-state index in [0.29, 0.717) is 18.3 Å². The number of benzene rings is 1. The van der Waals surface area contributed by atoms with Crippen molar-refractivity contribution >= 4 is 17.3 Å². The Balaban J connectivity index is 2.04. The van der Waals surface area contributed by atoms with Gasteiger partial charge in [0.2, 0.25) is 5.91 Å². The van der Waals surface area contributed by atoms with Crippen LogP contribution in [0.5, 0.6) is 0 Å². The summed E-state index contributed by atoms with van der Waals surface area (Å²) in [5, 5.41) is 12.1. The molecular formula is C15H23N3O2. The predicted molar refractivity (Wildman–Crippen MR) is 80.5 cm³/mol. The normalized spacial score (nSPS) is 16.2. The van der Waals surface area contributed by atoms with Crippen molar-refractivity contribution in [2.45, 2.75) is 38.8 Å². The molecule has 110 valence electrons. The summed E-state index contributed by atoms with van der Waals surface area (Å²) in [6.45, 7) is 4.38. The van der Waals surface area contributed by atoms with E-state index < -0.39 is 0 Å². The number of carbonyl (C=O) groups excluding carboxylic acids is 1. The van der Waals surface area contributed by atoms with Crippen LogP contribution in [-0.4, -0.2) is 41.1 Å². The number of hydrogen-bond acceptors (Lipinski definition) is 4. The van der Waals surface area contributed by atoms with Crippen LogP contribution in [0.1, 0.15) is 25.3 Å². The van der Waals surface area contributed by atoms with E-state index in [9.17, 15) is 4.79 Å². The van der Waals surface area contributed by atoms with Crippen LogP contribution >= 0.6 is 0 Å². The van der Waals surface area contributed by atoms with Crippen LogP contribution in [0.25, 0.3) is 0 Å². The first-order chi connectivity index (χ1) is 9.54. The predicted octanol–water partition coefficient (Wildman–Crippen LogP) is 1.36. The number of carbonyl (C=O) groups is 1. The molecule has 1 saturated carbocycles. The Morgan fingerprint density at radius 3 is 2.85 bits per heavy atom. The molecule has 1 amide bonds. The third-order valence-corrected chi connectivity index (χ3v) is 3.88. The summed E-state index contributed by atoms with van der Waals surface area (Å²) in [5.74, 6) is -0.0564. The summed E-state index contributed by atoms with van der Waals surface area (Å²) < 4.78 is 0. The van der Waals surface area contributed by atoms with Crippen molar-refractivity contribution in [3.05, 3.63) is 23.8 Å². The molecule has 1 fully saturated rings. The number of nitrogen functional groups attached to an aromatic ring is 1. The molecule has 1 aromatic rings. The molecule has 1 aliphatic rings. The Morgan fingerprint density at radius 2 is 2.25 bits per heavy atom. The Hall–Kier alpha value is -1.59. The topological polar surface area (TPSA) is 78.6 Å². The van der Waals surface area contributed by atoms with Gasteiger partial charge in [0.1, 0.15) is 0 Å². The molecule has 0 spiro atoms. The number of rotatable bonds is 6. The molecule has 0 bridgehead atoms. The Bertz CT molecular complexity index is 486. The van der Waals surface area contributed by atoms with E-state index in [4.69, 9.17) is 10.8 Å². The zero-order valence-electron chi connectivity index (χ0n) is 12.1. The van der Waals surface area contributed by atoms with Gasteiger partial charge < -0.3 is 16.2 Å². The fraction of sp³-hybridized carbons (Fsp3) is 0.533. The SMILES string of the molecule is Cc1c(N)cccc1NC(=O)C(C)N(CCO)C1CC1. The van der Waals surface area contributed by atoms with E-state index in [0.717, 1.165) is 24.1 Å². The Kier molecular flexibility index (Phi) is 4.62. The van der Waals surface area contributed by atoms with Crippen LogP contribution in [0.15, 0.2) is 18.2 Å². The fourth-order valence-corrected chi connectivity index (χ4v) is 2.39. The molecule has 1 atom stereocenters. The lowest BCUT2D eigenvalue weighted by atomic mass is 10.1. The lowest BCUT2D eigenvalue weighted by molar-refractivity contribution is -0.121. The first-order valence-electron chi connectivity index (χ1n) is 7.07. The number of amides is 1. The molecule has 20 heavy (non-hydrogen) atoms. The largest absolute Gasteiger partial charge is 0.398 e. The van der Waals surface area contributed by atoms with E-state index in [1.54, 1.807) is 0 Å². The van der Waals surface area contributed by atoms with Crippen LogP contribution in [0.3, 0.4) is 0 Å². The van der Waals surface area contributed by atoms with E-state index >= 15 is 0 Å². The standard InChI is InChI=1S/C15H23N3O2/c1-10-13(16)4-3-5-14(10)17-15(20)11(2)18(8-9-19)12-6-7-12/h3-5,11-12,19H,6-9,16H2,1-2H3,(H,17,20). The first kappa shape index (κ1) is 14.8. The van der Waals surface area contributed by atoms with Crippen LogP contribution in [0.2, 0.25) is 0 Å². The maximum absolute atomic E-state index is 12.3. The van der Waals surface area contributed by atoms with Gasteiger partial charge in [-0.1, -0.05) is 6.07 Å². The lowest BCUT2D eigenvalue weighted by Gasteiger charge is -2.27. The van der Waals surface area contributed by atoms with Gasteiger partial charge in [-0.3, -0.25) is 9.69 Å². The number of aliphatic hydroxyl groups is 1. The second kappa shape index (κ2) is 6.24. The van der Waals surface area contributed by atoms with Crippen LogP contribution in [0.4, 0.5) is 11.4 Å². The molecule has 1 unspecified atom stereocenters. The molecule has 5 nitrogen and oxygen atoms in total. The maximum atomic E-state index is 12.3. The van der Waals surface area contributed by atoms with Crippen molar-refractivity contribution in [2.24, 2.45) is 0 Å². The average Bonchev–Trinajstić information content (AvgIpc) is 3.25. The smallest absolute Gasteiger partial charge is 0.241 e. The van der Waals surface area contributed by atoms with Crippen molar-refractivity contribution < 1.29 is 9.90 Å². The highest BCUT2D eigenvalue weighted by molar-refractivity contribution is 5.95. The lowest BCUT2D eigenvalue weighted by Crippen LogP contribution is -2.44. The Morgan fingerprint density at radius 1 is 1.55 bits per heavy atom. The minimum atomic E-state index is -0.254. The van der Waals surface area contributed by atoms with Crippen molar-refractivity contribution in [1.82, 2.24) is 4.90 Å². The average molecular weight is 277 g/mol. The van der Waals surface area contributed by atoms with E-state index in [-0.39, 0.29) is 18.6 Å². The molecule has 0 aliphatic heterocycles. The minimum absolute atomic E-state index is 0.0564. The molecule has 0 radical (unpaired) electrons. The van der Waals surface area contributed by atoms with Crippen molar-refractivity contribution in [1.29, 1.82) is 0 Å². The molecular weight excluding hydrogens is 254 g/mol. The number of nitrogens with two attached hydrogens (primary N) is 1. The summed E-state index contributed by atoms with van der Waals surface area (Å²) in [7, 11) is 0. The van der Waals surface area contributed by atoms with Gasteiger partial charge in [0.25, 0.3) is 0 Å². The zero-order chi connectivity index (χ0) is 14.7. The van der Waals surface area contributed by atoms with Gasteiger partial charge in [-0.25, -0.2) is 0 Å². The summed E-state index contributed by atoms with van der Waals surface area (Å²) >= 11 is 0. The minimum Gasteiger partial charge on any atom is -0.398 e. The number of nitrogens with zero attached hydrogens (tertiary/aromatic N) is 1. The highest BCUT2D eigenvalue weighted by atomic mass is 16.3. The van der Waals surface area contributed by atoms with Gasteiger partial charge >= 0.3 is 0 Å². The van der Waals surface area contributed by atoms with Gasteiger partial charge in [0, 0.05) is 24.0 Å². The fourth-order valence-electron chi connectivity index (χ4n) is 2.39. The number of anilines is 2. The van der Waals surface area contributed by atoms with Crippen LogP contribution in [-0.2, 0) is 4.79 Å². The maximum Gasteiger partial charge on any atom is 0.241 e. The van der Waals surface area contributed by atoms with Crippen LogP contribution in [0, 0.1) is 6.92 Å². The Labute approximate surface area is 119 Å². The molecule has 0 aromatic heterocycles. The highest BCUT2D eigenvalue weighted by Gasteiger charge is 2.34. The van der Waals surface area contributed by atoms with Crippen LogP contribution < -0.4 is 11.1 Å². The van der Waals surface area contributed by atoms with Gasteiger partial charge in [-0.05, 0) is 44.4 Å². The molecule has 2 rings (SSSR count). The van der Waals surface area contributed by atoms with Gasteiger partial charge in [0.15, 0.2) is 0 Å². The van der Waals surface area contributed by atoms with Gasteiger partial charge in [0.05, 0.1) is 12.6 Å². The van der Waals surface area contributed by atoms with Crippen molar-refractivity contribution in [3.63, 3.8) is 0 Å². The summed E-state index contributed by atoms with van der Waals surface area (Å²) in [6, 6.07) is 5.68. The third kappa shape index (κ3) is 3.29. The monoisotopic (exact) mass is 277 g/mol. The highest BCUT2D eigenvalue weighted by Crippen LogP contribution is 2.29. The number of aliphatic hydroxyl groups excluding tert-OH is 1. The third-order valence-electron chi connectivity index (χ3n) is 3.88. The molecule has 0 saturated heterocycles. The summed E-state index contributed by atoms with van der Waals surface area (Å²) in [6.07, 6.45) is 2.21. The second-order valence-electron chi connectivity index (χ2n) is 5.38. The molecule has 1 aromatic carbocycles. The quantitative estimate of drug-likeness (QED) is 0.686. The first-order valence-corrected chi connectivity index (χ1v) is 7.07. The van der Waals surface area contributed by atoms with Crippen molar-refractivity contribution in [2.75, 3.05) is 24.2 Å². The van der Waals surface area contributed by atoms with Crippen molar-refractivity contribution in [3.8, 4) is 0 Å². The number of nitrogens with one attached hydrogen (secondary N) is 1. The van der Waals surface area contributed by atoms with E-state index in [1.807, 2.05) is 32.0 Å². The summed E-state index contributed by atoms with van der Waals surface area (Å²) in [5.41, 5.74) is 8.15. The summed E-state index contributed by atoms with van der Waals surface area (Å²) in [4.78, 5) is 14.4. The molecule has 4 N–H and O–H groups in total. The zero-order valence-corrected chi connectivity index (χ0v) is 12.1. The van der Waals surface area contributed by atoms with Gasteiger partial charge in [-0.15, -0.1) is 0 Å². The second-order valence-corrected chi connectivity index (χ2v) is 5.38.